The van der Waals surface area contributed by atoms with Crippen molar-refractivity contribution in [2.24, 2.45) is 10.7 Å². The van der Waals surface area contributed by atoms with Crippen LogP contribution in [0.5, 0.6) is 0 Å². The van der Waals surface area contributed by atoms with Crippen LogP contribution in [0.25, 0.3) is 0 Å². The number of rotatable bonds is 5. The lowest BCUT2D eigenvalue weighted by molar-refractivity contribution is -0.0390. The highest BCUT2D eigenvalue weighted by Crippen LogP contribution is 2.14. The van der Waals surface area contributed by atoms with Gasteiger partial charge in [-0.05, 0) is 44.7 Å². The zero-order chi connectivity index (χ0) is 16.7. The van der Waals surface area contributed by atoms with Crippen LogP contribution in [0.3, 0.4) is 0 Å². The second-order valence-corrected chi connectivity index (χ2v) is 7.02. The maximum Gasteiger partial charge on any atom is 0.189 e. The molecule has 1 heterocycles. The summed E-state index contributed by atoms with van der Waals surface area (Å²) in [5, 5.41) is 3.16. The molecule has 3 N–H and O–H groups in total. The topological polar surface area (TPSA) is 68.9 Å². The van der Waals surface area contributed by atoms with Gasteiger partial charge in [0, 0.05) is 18.8 Å². The zero-order valence-electron chi connectivity index (χ0n) is 14.9. The molecule has 2 rings (SSSR count). The number of halogens is 1. The number of nitrogens with one attached hydrogen (secondary N) is 1. The van der Waals surface area contributed by atoms with Gasteiger partial charge in [0.25, 0.3) is 0 Å². The highest BCUT2D eigenvalue weighted by molar-refractivity contribution is 14.0. The molecule has 6 heteroatoms. The Morgan fingerprint density at radius 2 is 1.96 bits per heavy atom. The zero-order valence-corrected chi connectivity index (χ0v) is 17.2. The first kappa shape index (κ1) is 21.2. The van der Waals surface area contributed by atoms with Gasteiger partial charge in [0.15, 0.2) is 5.96 Å². The van der Waals surface area contributed by atoms with E-state index in [-0.39, 0.29) is 29.5 Å². The molecular formula is C18H30IN3O2. The van der Waals surface area contributed by atoms with Gasteiger partial charge in [-0.2, -0.15) is 0 Å². The summed E-state index contributed by atoms with van der Waals surface area (Å²) in [6, 6.07) is 8.32. The fourth-order valence-electron chi connectivity index (χ4n) is 2.47. The van der Waals surface area contributed by atoms with E-state index < -0.39 is 0 Å². The molecule has 1 aliphatic heterocycles. The van der Waals surface area contributed by atoms with Crippen molar-refractivity contribution in [3.05, 3.63) is 35.4 Å². The number of nitrogens with two attached hydrogens (primary N) is 1. The van der Waals surface area contributed by atoms with Crippen molar-refractivity contribution >= 4 is 29.9 Å². The molecule has 1 fully saturated rings. The Kier molecular flexibility index (Phi) is 9.01. The molecule has 0 atom stereocenters. The van der Waals surface area contributed by atoms with Crippen LogP contribution < -0.4 is 11.1 Å². The van der Waals surface area contributed by atoms with Crippen LogP contribution >= 0.6 is 24.0 Å². The highest BCUT2D eigenvalue weighted by atomic mass is 127. The summed E-state index contributed by atoms with van der Waals surface area (Å²) in [5.74, 6) is 0.473. The number of nitrogens with zero attached hydrogens (tertiary/aromatic N) is 1. The molecule has 0 aromatic heterocycles. The quantitative estimate of drug-likeness (QED) is 0.413. The van der Waals surface area contributed by atoms with E-state index in [0.717, 1.165) is 31.6 Å². The van der Waals surface area contributed by atoms with Gasteiger partial charge in [-0.1, -0.05) is 24.3 Å². The number of hydrogen-bond acceptors (Lipinski definition) is 3. The monoisotopic (exact) mass is 447 g/mol. The summed E-state index contributed by atoms with van der Waals surface area (Å²) in [5.41, 5.74) is 8.14. The average Bonchev–Trinajstić information content (AvgIpc) is 2.51. The third kappa shape index (κ3) is 8.30. The molecule has 0 unspecified atom stereocenters. The van der Waals surface area contributed by atoms with Crippen LogP contribution in [0, 0.1) is 0 Å². The Morgan fingerprint density at radius 3 is 2.62 bits per heavy atom. The van der Waals surface area contributed by atoms with Gasteiger partial charge in [-0.3, -0.25) is 0 Å². The lowest BCUT2D eigenvalue weighted by Gasteiger charge is -2.22. The Bertz CT molecular complexity index is 523. The third-order valence-electron chi connectivity index (χ3n) is 3.58. The molecule has 0 spiro atoms. The van der Waals surface area contributed by atoms with Gasteiger partial charge in [-0.25, -0.2) is 4.99 Å². The van der Waals surface area contributed by atoms with Gasteiger partial charge in [0.1, 0.15) is 0 Å². The molecule has 1 aromatic carbocycles. The minimum Gasteiger partial charge on any atom is -0.381 e. The van der Waals surface area contributed by atoms with Gasteiger partial charge in [0.2, 0.25) is 0 Å². The third-order valence-corrected chi connectivity index (χ3v) is 3.58. The first-order chi connectivity index (χ1) is 10.9. The maximum absolute atomic E-state index is 5.96. The van der Waals surface area contributed by atoms with E-state index in [4.69, 9.17) is 15.2 Å². The fourth-order valence-corrected chi connectivity index (χ4v) is 2.47. The predicted molar refractivity (Wildman–Crippen MR) is 109 cm³/mol. The molecule has 0 radical (unpaired) electrons. The average molecular weight is 447 g/mol. The van der Waals surface area contributed by atoms with Crippen LogP contribution in [-0.2, 0) is 22.6 Å². The molecule has 0 saturated carbocycles. The smallest absolute Gasteiger partial charge is 0.189 e. The summed E-state index contributed by atoms with van der Waals surface area (Å²) in [7, 11) is 0. The Balaban J connectivity index is 0.00000288. The number of hydrogen-bond donors (Lipinski definition) is 2. The molecular weight excluding hydrogens is 417 g/mol. The molecule has 0 bridgehead atoms. The van der Waals surface area contributed by atoms with E-state index in [9.17, 15) is 0 Å². The van der Waals surface area contributed by atoms with Crippen molar-refractivity contribution in [2.75, 3.05) is 13.2 Å². The van der Waals surface area contributed by atoms with Crippen LogP contribution in [0.2, 0.25) is 0 Å². The molecule has 24 heavy (non-hydrogen) atoms. The van der Waals surface area contributed by atoms with E-state index >= 15 is 0 Å². The second-order valence-electron chi connectivity index (χ2n) is 7.02. The fraction of sp³-hybridized carbons (Fsp3) is 0.611. The van der Waals surface area contributed by atoms with Crippen LogP contribution in [0.15, 0.2) is 29.3 Å². The maximum atomic E-state index is 5.96. The SMILES string of the molecule is CC(C)(C)NC(N)=NCc1cccc(COC2CCOCC2)c1.I. The number of ether oxygens (including phenoxy) is 2. The summed E-state index contributed by atoms with van der Waals surface area (Å²) in [6.45, 7) is 8.99. The summed E-state index contributed by atoms with van der Waals surface area (Å²) in [4.78, 5) is 4.40. The van der Waals surface area contributed by atoms with Crippen molar-refractivity contribution < 1.29 is 9.47 Å². The molecule has 0 aliphatic carbocycles. The number of aliphatic imine (C=N–C) groups is 1. The van der Waals surface area contributed by atoms with Gasteiger partial charge in [-0.15, -0.1) is 24.0 Å². The van der Waals surface area contributed by atoms with Crippen molar-refractivity contribution in [1.29, 1.82) is 0 Å². The molecule has 1 aromatic rings. The van der Waals surface area contributed by atoms with E-state index in [1.54, 1.807) is 0 Å². The van der Waals surface area contributed by atoms with E-state index in [1.807, 2.05) is 6.07 Å². The Morgan fingerprint density at radius 1 is 1.29 bits per heavy atom. The minimum absolute atomic E-state index is 0. The molecule has 5 nitrogen and oxygen atoms in total. The second kappa shape index (κ2) is 10.2. The lowest BCUT2D eigenvalue weighted by Crippen LogP contribution is -2.44. The molecule has 1 saturated heterocycles. The first-order valence-corrected chi connectivity index (χ1v) is 8.28. The van der Waals surface area contributed by atoms with E-state index in [2.05, 4.69) is 49.3 Å². The van der Waals surface area contributed by atoms with Crippen LogP contribution in [0.4, 0.5) is 0 Å². The van der Waals surface area contributed by atoms with Crippen molar-refractivity contribution in [3.63, 3.8) is 0 Å². The highest BCUT2D eigenvalue weighted by Gasteiger charge is 2.14. The summed E-state index contributed by atoms with van der Waals surface area (Å²) in [6.07, 6.45) is 2.29. The van der Waals surface area contributed by atoms with E-state index in [0.29, 0.717) is 25.2 Å². The van der Waals surface area contributed by atoms with Crippen molar-refractivity contribution in [1.82, 2.24) is 5.32 Å². The van der Waals surface area contributed by atoms with Crippen LogP contribution in [-0.4, -0.2) is 30.8 Å². The molecule has 136 valence electrons. The summed E-state index contributed by atoms with van der Waals surface area (Å²) < 4.78 is 11.3. The largest absolute Gasteiger partial charge is 0.381 e. The predicted octanol–water partition coefficient (Wildman–Crippen LogP) is 3.20. The Hall–Kier alpha value is -0.860. The van der Waals surface area contributed by atoms with Crippen LogP contribution in [0.1, 0.15) is 44.7 Å². The van der Waals surface area contributed by atoms with E-state index in [1.165, 1.54) is 5.56 Å². The lowest BCUT2D eigenvalue weighted by atomic mass is 10.1. The van der Waals surface area contributed by atoms with Crippen molar-refractivity contribution in [2.45, 2.75) is 58.4 Å². The first-order valence-electron chi connectivity index (χ1n) is 8.28. The minimum atomic E-state index is -0.0764. The normalized spacial score (nSPS) is 16.5. The van der Waals surface area contributed by atoms with Gasteiger partial charge >= 0.3 is 0 Å². The van der Waals surface area contributed by atoms with Crippen molar-refractivity contribution in [3.8, 4) is 0 Å². The number of guanidine groups is 1. The standard InChI is InChI=1S/C18H29N3O2.HI/c1-18(2,3)21-17(19)20-12-14-5-4-6-15(11-14)13-23-16-7-9-22-10-8-16;/h4-6,11,16H,7-10,12-13H2,1-3H3,(H3,19,20,21);1H. The number of benzene rings is 1. The molecule has 1 aliphatic rings. The van der Waals surface area contributed by atoms with Gasteiger partial charge in [0.05, 0.1) is 19.3 Å². The van der Waals surface area contributed by atoms with Gasteiger partial charge < -0.3 is 20.5 Å². The molecule has 0 amide bonds. The Labute approximate surface area is 162 Å². The summed E-state index contributed by atoms with van der Waals surface area (Å²) >= 11 is 0.